The van der Waals surface area contributed by atoms with E-state index >= 15 is 0 Å². The van der Waals surface area contributed by atoms with Gasteiger partial charge >= 0.3 is 0 Å². The highest BCUT2D eigenvalue weighted by Crippen LogP contribution is 2.22. The van der Waals surface area contributed by atoms with Gasteiger partial charge in [-0.05, 0) is 19.3 Å². The Morgan fingerprint density at radius 1 is 1.42 bits per heavy atom. The molecule has 0 saturated carbocycles. The van der Waals surface area contributed by atoms with Crippen LogP contribution in [-0.2, 0) is 0 Å². The first-order valence-corrected chi connectivity index (χ1v) is 6.99. The van der Waals surface area contributed by atoms with Gasteiger partial charge in [0.2, 0.25) is 0 Å². The average molecular weight is 279 g/mol. The zero-order chi connectivity index (χ0) is 13.2. The SMILES string of the molecule is O=C(c1cnn2ccncc12)N1CCCCC1CCl. The molecule has 1 unspecified atom stereocenters. The van der Waals surface area contributed by atoms with Gasteiger partial charge in [-0.15, -0.1) is 11.6 Å². The van der Waals surface area contributed by atoms with E-state index in [1.807, 2.05) is 4.90 Å². The van der Waals surface area contributed by atoms with Crippen LogP contribution in [0.2, 0.25) is 0 Å². The lowest BCUT2D eigenvalue weighted by molar-refractivity contribution is 0.0641. The molecule has 1 aliphatic heterocycles. The van der Waals surface area contributed by atoms with Crippen LogP contribution in [0.15, 0.2) is 24.8 Å². The third-order valence-electron chi connectivity index (χ3n) is 3.62. The number of piperidine rings is 1. The summed E-state index contributed by atoms with van der Waals surface area (Å²) in [6.45, 7) is 0.772. The van der Waals surface area contributed by atoms with Gasteiger partial charge in [0, 0.05) is 30.9 Å². The van der Waals surface area contributed by atoms with Crippen molar-refractivity contribution in [3.63, 3.8) is 0 Å². The second kappa shape index (κ2) is 5.17. The average Bonchev–Trinajstić information content (AvgIpc) is 2.90. The molecule has 0 aromatic carbocycles. The number of halogens is 1. The minimum absolute atomic E-state index is 0.00773. The Kier molecular flexibility index (Phi) is 3.38. The molecule has 19 heavy (non-hydrogen) atoms. The maximum absolute atomic E-state index is 12.6. The molecule has 1 atom stereocenters. The van der Waals surface area contributed by atoms with Crippen LogP contribution in [0.5, 0.6) is 0 Å². The summed E-state index contributed by atoms with van der Waals surface area (Å²) in [5.41, 5.74) is 1.34. The molecular formula is C13H15ClN4O. The van der Waals surface area contributed by atoms with E-state index in [9.17, 15) is 4.79 Å². The Bertz CT molecular complexity index is 597. The number of aromatic nitrogens is 3. The minimum Gasteiger partial charge on any atom is -0.334 e. The van der Waals surface area contributed by atoms with E-state index in [2.05, 4.69) is 10.1 Å². The molecule has 5 nitrogen and oxygen atoms in total. The predicted molar refractivity (Wildman–Crippen MR) is 72.4 cm³/mol. The van der Waals surface area contributed by atoms with Crippen LogP contribution < -0.4 is 0 Å². The number of hydrogen-bond acceptors (Lipinski definition) is 3. The van der Waals surface area contributed by atoms with Crippen LogP contribution in [0.1, 0.15) is 29.6 Å². The Labute approximate surface area is 116 Å². The van der Waals surface area contributed by atoms with Gasteiger partial charge in [0.25, 0.3) is 5.91 Å². The van der Waals surface area contributed by atoms with Gasteiger partial charge in [-0.2, -0.15) is 5.10 Å². The molecule has 1 fully saturated rings. The van der Waals surface area contributed by atoms with Crippen LogP contribution in [0.25, 0.3) is 5.52 Å². The molecule has 0 aliphatic carbocycles. The summed E-state index contributed by atoms with van der Waals surface area (Å²) in [5.74, 6) is 0.497. The van der Waals surface area contributed by atoms with E-state index in [4.69, 9.17) is 11.6 Å². The largest absolute Gasteiger partial charge is 0.334 e. The molecule has 1 amide bonds. The number of nitrogens with zero attached hydrogens (tertiary/aromatic N) is 4. The summed E-state index contributed by atoms with van der Waals surface area (Å²) in [6, 6.07) is 0.134. The normalized spacial score (nSPS) is 19.8. The van der Waals surface area contributed by atoms with Crippen LogP contribution in [0, 0.1) is 0 Å². The summed E-state index contributed by atoms with van der Waals surface area (Å²) in [6.07, 6.45) is 9.82. The van der Waals surface area contributed by atoms with E-state index in [-0.39, 0.29) is 11.9 Å². The van der Waals surface area contributed by atoms with Crippen LogP contribution >= 0.6 is 11.6 Å². The molecule has 0 bridgehead atoms. The lowest BCUT2D eigenvalue weighted by Crippen LogP contribution is -2.44. The van der Waals surface area contributed by atoms with Crippen molar-refractivity contribution in [1.82, 2.24) is 19.5 Å². The fourth-order valence-electron chi connectivity index (χ4n) is 2.58. The Balaban J connectivity index is 1.94. The van der Waals surface area contributed by atoms with Crippen molar-refractivity contribution < 1.29 is 4.79 Å². The molecule has 100 valence electrons. The van der Waals surface area contributed by atoms with Gasteiger partial charge in [-0.1, -0.05) is 0 Å². The first kappa shape index (κ1) is 12.4. The number of fused-ring (bicyclic) bond motifs is 1. The maximum atomic E-state index is 12.6. The number of hydrogen-bond donors (Lipinski definition) is 0. The molecule has 1 aliphatic rings. The standard InChI is InChI=1S/C13H15ClN4O/c14-7-10-3-1-2-5-17(10)13(19)11-8-16-18-6-4-15-9-12(11)18/h4,6,8-10H,1-3,5,7H2. The molecule has 1 saturated heterocycles. The number of likely N-dealkylation sites (tertiary alicyclic amines) is 1. The summed E-state index contributed by atoms with van der Waals surface area (Å²) in [5, 5.41) is 4.18. The molecule has 0 N–H and O–H groups in total. The molecule has 2 aromatic heterocycles. The summed E-state index contributed by atoms with van der Waals surface area (Å²) < 4.78 is 1.67. The Morgan fingerprint density at radius 2 is 2.32 bits per heavy atom. The van der Waals surface area contributed by atoms with Gasteiger partial charge < -0.3 is 4.90 Å². The molecule has 0 spiro atoms. The van der Waals surface area contributed by atoms with Gasteiger partial charge in [-0.3, -0.25) is 9.78 Å². The van der Waals surface area contributed by atoms with Crippen LogP contribution in [0.3, 0.4) is 0 Å². The van der Waals surface area contributed by atoms with Crippen molar-refractivity contribution in [2.75, 3.05) is 12.4 Å². The van der Waals surface area contributed by atoms with E-state index in [0.717, 1.165) is 31.3 Å². The second-order valence-corrected chi connectivity index (χ2v) is 5.08. The predicted octanol–water partition coefficient (Wildman–Crippen LogP) is 1.96. The quantitative estimate of drug-likeness (QED) is 0.789. The highest BCUT2D eigenvalue weighted by Gasteiger charge is 2.28. The van der Waals surface area contributed by atoms with Crippen molar-refractivity contribution in [2.24, 2.45) is 0 Å². The number of rotatable bonds is 2. The number of alkyl halides is 1. The highest BCUT2D eigenvalue weighted by molar-refractivity contribution is 6.18. The summed E-state index contributed by atoms with van der Waals surface area (Å²) >= 11 is 5.97. The number of carbonyl (C=O) groups excluding carboxylic acids is 1. The zero-order valence-electron chi connectivity index (χ0n) is 10.5. The van der Waals surface area contributed by atoms with Crippen molar-refractivity contribution in [2.45, 2.75) is 25.3 Å². The van der Waals surface area contributed by atoms with Gasteiger partial charge in [-0.25, -0.2) is 4.52 Å². The number of amides is 1. The van der Waals surface area contributed by atoms with Crippen molar-refractivity contribution in [1.29, 1.82) is 0 Å². The van der Waals surface area contributed by atoms with E-state index in [1.54, 1.807) is 29.3 Å². The van der Waals surface area contributed by atoms with Gasteiger partial charge in [0.1, 0.15) is 0 Å². The Hall–Kier alpha value is -1.62. The van der Waals surface area contributed by atoms with Crippen molar-refractivity contribution in [3.05, 3.63) is 30.4 Å². The number of carbonyl (C=O) groups is 1. The molecule has 2 aromatic rings. The van der Waals surface area contributed by atoms with Crippen molar-refractivity contribution >= 4 is 23.0 Å². The van der Waals surface area contributed by atoms with E-state index in [1.165, 1.54) is 0 Å². The topological polar surface area (TPSA) is 50.5 Å². The van der Waals surface area contributed by atoms with Gasteiger partial charge in [0.05, 0.1) is 23.5 Å². The second-order valence-electron chi connectivity index (χ2n) is 4.77. The van der Waals surface area contributed by atoms with Gasteiger partial charge in [0.15, 0.2) is 0 Å². The van der Waals surface area contributed by atoms with Crippen molar-refractivity contribution in [3.8, 4) is 0 Å². The fraction of sp³-hybridized carbons (Fsp3) is 0.462. The molecule has 3 rings (SSSR count). The minimum atomic E-state index is 0.00773. The molecule has 3 heterocycles. The van der Waals surface area contributed by atoms with Crippen LogP contribution in [0.4, 0.5) is 0 Å². The third-order valence-corrected chi connectivity index (χ3v) is 3.98. The molecule has 6 heteroatoms. The van der Waals surface area contributed by atoms with E-state index < -0.39 is 0 Å². The maximum Gasteiger partial charge on any atom is 0.258 e. The molecule has 0 radical (unpaired) electrons. The first-order valence-electron chi connectivity index (χ1n) is 6.45. The lowest BCUT2D eigenvalue weighted by atomic mass is 10.0. The fourth-order valence-corrected chi connectivity index (χ4v) is 2.90. The Morgan fingerprint density at radius 3 is 3.16 bits per heavy atom. The first-order chi connectivity index (χ1) is 9.31. The highest BCUT2D eigenvalue weighted by atomic mass is 35.5. The zero-order valence-corrected chi connectivity index (χ0v) is 11.3. The van der Waals surface area contributed by atoms with Crippen LogP contribution in [-0.4, -0.2) is 43.9 Å². The third kappa shape index (κ3) is 2.18. The lowest BCUT2D eigenvalue weighted by Gasteiger charge is -2.34. The summed E-state index contributed by atoms with van der Waals surface area (Å²) in [7, 11) is 0. The monoisotopic (exact) mass is 278 g/mol. The molecular weight excluding hydrogens is 264 g/mol. The summed E-state index contributed by atoms with van der Waals surface area (Å²) in [4.78, 5) is 18.6. The van der Waals surface area contributed by atoms with E-state index in [0.29, 0.717) is 11.4 Å². The smallest absolute Gasteiger partial charge is 0.258 e.